The highest BCUT2D eigenvalue weighted by Crippen LogP contribution is 2.22. The number of hydrogen-bond donors (Lipinski definition) is 2. The van der Waals surface area contributed by atoms with Crippen LogP contribution < -0.4 is 11.1 Å². The number of hydrogen-bond acceptors (Lipinski definition) is 2. The second kappa shape index (κ2) is 4.39. The Morgan fingerprint density at radius 3 is 2.79 bits per heavy atom. The summed E-state index contributed by atoms with van der Waals surface area (Å²) in [4.78, 5) is 11.2. The fourth-order valence-corrected chi connectivity index (χ4v) is 1.05. The van der Waals surface area contributed by atoms with Gasteiger partial charge in [0.15, 0.2) is 0 Å². The predicted octanol–water partition coefficient (Wildman–Crippen LogP) is 1.76. The molecule has 0 spiro atoms. The van der Waals surface area contributed by atoms with Gasteiger partial charge in [0, 0.05) is 0 Å². The minimum atomic E-state index is -0.629. The summed E-state index contributed by atoms with van der Waals surface area (Å²) in [5.41, 5.74) is 5.69. The van der Waals surface area contributed by atoms with Crippen molar-refractivity contribution in [3.8, 4) is 0 Å². The molecule has 1 aromatic rings. The van der Waals surface area contributed by atoms with Gasteiger partial charge in [0.05, 0.1) is 16.8 Å². The molecule has 1 rings (SSSR count). The Labute approximate surface area is 86.0 Å². The fraction of sp³-hybridized carbons (Fsp3) is 0.222. The molecule has 0 fully saturated rings. The Morgan fingerprint density at radius 1 is 1.64 bits per heavy atom. The average Bonchev–Trinajstić information content (AvgIpc) is 2.09. The molecule has 0 unspecified atom stereocenters. The molecular weight excluding hydrogens is 207 g/mol. The first-order valence-electron chi connectivity index (χ1n) is 4.02. The molecule has 14 heavy (non-hydrogen) atoms. The van der Waals surface area contributed by atoms with Crippen LogP contribution in [0.15, 0.2) is 18.2 Å². The number of benzene rings is 1. The number of nitrogens with one attached hydrogen (secondary N) is 1. The average molecular weight is 217 g/mol. The Hall–Kier alpha value is -1.13. The van der Waals surface area contributed by atoms with E-state index in [1.54, 1.807) is 6.92 Å². The summed E-state index contributed by atoms with van der Waals surface area (Å²) in [6.45, 7) is 1.55. The van der Waals surface area contributed by atoms with Gasteiger partial charge in [-0.3, -0.25) is 4.79 Å². The van der Waals surface area contributed by atoms with Crippen LogP contribution in [0.4, 0.5) is 10.1 Å². The molecule has 1 amide bonds. The standard InChI is InChI=1S/C9H10ClFN2O/c1-5(12)9(14)13-8-3-2-6(11)4-7(8)10/h2-5H,12H2,1H3,(H,13,14)/t5-/m0/s1. The monoisotopic (exact) mass is 216 g/mol. The number of carbonyl (C=O) groups is 1. The zero-order chi connectivity index (χ0) is 10.7. The molecule has 1 aromatic carbocycles. The molecule has 0 heterocycles. The minimum Gasteiger partial charge on any atom is -0.323 e. The highest BCUT2D eigenvalue weighted by atomic mass is 35.5. The van der Waals surface area contributed by atoms with Gasteiger partial charge < -0.3 is 11.1 Å². The highest BCUT2D eigenvalue weighted by molar-refractivity contribution is 6.33. The second-order valence-corrected chi connectivity index (χ2v) is 3.31. The summed E-state index contributed by atoms with van der Waals surface area (Å²) in [6.07, 6.45) is 0. The van der Waals surface area contributed by atoms with Gasteiger partial charge in [-0.05, 0) is 25.1 Å². The third-order valence-corrected chi connectivity index (χ3v) is 1.92. The third-order valence-electron chi connectivity index (χ3n) is 1.60. The van der Waals surface area contributed by atoms with E-state index in [9.17, 15) is 9.18 Å². The van der Waals surface area contributed by atoms with Crippen LogP contribution >= 0.6 is 11.6 Å². The van der Waals surface area contributed by atoms with Crippen LogP contribution in [-0.2, 0) is 4.79 Å². The van der Waals surface area contributed by atoms with E-state index in [0.717, 1.165) is 6.07 Å². The van der Waals surface area contributed by atoms with Crippen molar-refractivity contribution >= 4 is 23.2 Å². The molecule has 0 radical (unpaired) electrons. The van der Waals surface area contributed by atoms with Crippen molar-refractivity contribution in [2.24, 2.45) is 5.73 Å². The summed E-state index contributed by atoms with van der Waals surface area (Å²) in [5.74, 6) is -0.813. The largest absolute Gasteiger partial charge is 0.323 e. The van der Waals surface area contributed by atoms with Crippen LogP contribution in [0.3, 0.4) is 0 Å². The number of rotatable bonds is 2. The van der Waals surface area contributed by atoms with Crippen molar-refractivity contribution in [2.45, 2.75) is 13.0 Å². The number of carbonyl (C=O) groups excluding carboxylic acids is 1. The number of nitrogens with two attached hydrogens (primary N) is 1. The van der Waals surface area contributed by atoms with Crippen molar-refractivity contribution in [2.75, 3.05) is 5.32 Å². The second-order valence-electron chi connectivity index (χ2n) is 2.90. The van der Waals surface area contributed by atoms with Crippen LogP contribution in [0.1, 0.15) is 6.92 Å². The predicted molar refractivity (Wildman–Crippen MR) is 53.7 cm³/mol. The smallest absolute Gasteiger partial charge is 0.241 e. The van der Waals surface area contributed by atoms with Gasteiger partial charge in [-0.2, -0.15) is 0 Å². The van der Waals surface area contributed by atoms with E-state index in [1.807, 2.05) is 0 Å². The molecular formula is C9H10ClFN2O. The molecule has 0 aliphatic rings. The molecule has 0 saturated carbocycles. The zero-order valence-corrected chi connectivity index (χ0v) is 8.31. The van der Waals surface area contributed by atoms with E-state index >= 15 is 0 Å². The summed E-state index contributed by atoms with van der Waals surface area (Å²) in [7, 11) is 0. The van der Waals surface area contributed by atoms with Crippen molar-refractivity contribution in [1.29, 1.82) is 0 Å². The van der Waals surface area contributed by atoms with Gasteiger partial charge in [0.1, 0.15) is 5.82 Å². The van der Waals surface area contributed by atoms with Crippen LogP contribution in [0.25, 0.3) is 0 Å². The van der Waals surface area contributed by atoms with Gasteiger partial charge in [0.2, 0.25) is 5.91 Å². The molecule has 0 aliphatic heterocycles. The molecule has 0 bridgehead atoms. The topological polar surface area (TPSA) is 55.1 Å². The van der Waals surface area contributed by atoms with Gasteiger partial charge >= 0.3 is 0 Å². The van der Waals surface area contributed by atoms with Crippen LogP contribution in [0.5, 0.6) is 0 Å². The van der Waals surface area contributed by atoms with Crippen LogP contribution in [0.2, 0.25) is 5.02 Å². The van der Waals surface area contributed by atoms with Gasteiger partial charge in [-0.15, -0.1) is 0 Å². The summed E-state index contributed by atoms with van der Waals surface area (Å²) < 4.78 is 12.6. The van der Waals surface area contributed by atoms with Crippen LogP contribution in [0, 0.1) is 5.82 Å². The Balaban J connectivity index is 2.82. The Bertz CT molecular complexity index is 355. The molecule has 3 N–H and O–H groups in total. The van der Waals surface area contributed by atoms with E-state index in [2.05, 4.69) is 5.32 Å². The molecule has 0 saturated heterocycles. The summed E-state index contributed by atoms with van der Waals surface area (Å²) >= 11 is 5.68. The highest BCUT2D eigenvalue weighted by Gasteiger charge is 2.09. The lowest BCUT2D eigenvalue weighted by Crippen LogP contribution is -2.32. The van der Waals surface area contributed by atoms with Crippen LogP contribution in [-0.4, -0.2) is 11.9 Å². The van der Waals surface area contributed by atoms with Gasteiger partial charge in [0.25, 0.3) is 0 Å². The van der Waals surface area contributed by atoms with Gasteiger partial charge in [-0.25, -0.2) is 4.39 Å². The number of anilines is 1. The minimum absolute atomic E-state index is 0.152. The molecule has 0 aliphatic carbocycles. The van der Waals surface area contributed by atoms with E-state index in [-0.39, 0.29) is 10.9 Å². The van der Waals surface area contributed by atoms with Crippen molar-refractivity contribution in [3.63, 3.8) is 0 Å². The zero-order valence-electron chi connectivity index (χ0n) is 7.55. The van der Waals surface area contributed by atoms with E-state index in [1.165, 1.54) is 12.1 Å². The maximum atomic E-state index is 12.6. The molecule has 0 aromatic heterocycles. The first-order valence-corrected chi connectivity index (χ1v) is 4.40. The molecule has 76 valence electrons. The first-order chi connectivity index (χ1) is 6.50. The molecule has 5 heteroatoms. The fourth-order valence-electron chi connectivity index (χ4n) is 0.837. The molecule has 3 nitrogen and oxygen atoms in total. The van der Waals surface area contributed by atoms with Gasteiger partial charge in [-0.1, -0.05) is 11.6 Å². The normalized spacial score (nSPS) is 12.3. The summed E-state index contributed by atoms with van der Waals surface area (Å²) in [6, 6.07) is 3.09. The Morgan fingerprint density at radius 2 is 2.29 bits per heavy atom. The lowest BCUT2D eigenvalue weighted by molar-refractivity contribution is -0.117. The van der Waals surface area contributed by atoms with Crippen molar-refractivity contribution in [1.82, 2.24) is 0 Å². The van der Waals surface area contributed by atoms with E-state index < -0.39 is 11.9 Å². The lowest BCUT2D eigenvalue weighted by Gasteiger charge is -2.08. The van der Waals surface area contributed by atoms with Crippen molar-refractivity contribution in [3.05, 3.63) is 29.0 Å². The SMILES string of the molecule is C[C@H](N)C(=O)Nc1ccc(F)cc1Cl. The summed E-state index contributed by atoms with van der Waals surface area (Å²) in [5, 5.41) is 2.63. The maximum absolute atomic E-state index is 12.6. The first kappa shape index (κ1) is 10.9. The maximum Gasteiger partial charge on any atom is 0.241 e. The van der Waals surface area contributed by atoms with E-state index in [0.29, 0.717) is 5.69 Å². The number of amides is 1. The quantitative estimate of drug-likeness (QED) is 0.792. The molecule has 1 atom stereocenters. The lowest BCUT2D eigenvalue weighted by atomic mass is 10.3. The van der Waals surface area contributed by atoms with Crippen molar-refractivity contribution < 1.29 is 9.18 Å². The Kier molecular flexibility index (Phi) is 3.43. The van der Waals surface area contributed by atoms with E-state index in [4.69, 9.17) is 17.3 Å². The third kappa shape index (κ3) is 2.68. The number of halogens is 2.